The second kappa shape index (κ2) is 8.50. The Hall–Kier alpha value is -2.11. The van der Waals surface area contributed by atoms with Gasteiger partial charge < -0.3 is 19.6 Å². The monoisotopic (exact) mass is 434 g/mol. The minimum absolute atomic E-state index is 0.0577. The Morgan fingerprint density at radius 3 is 2.64 bits per heavy atom. The van der Waals surface area contributed by atoms with Crippen molar-refractivity contribution in [1.29, 1.82) is 0 Å². The molecule has 2 N–H and O–H groups in total. The van der Waals surface area contributed by atoms with E-state index in [1.807, 2.05) is 0 Å². The summed E-state index contributed by atoms with van der Waals surface area (Å²) in [7, 11) is -4.00. The molecule has 2 heterocycles. The average molecular weight is 435 g/mol. The summed E-state index contributed by atoms with van der Waals surface area (Å²) in [6, 6.07) is 1.98. The van der Waals surface area contributed by atoms with Crippen LogP contribution < -0.4 is 4.72 Å². The molecular weight excluding hydrogens is 412 g/mol. The van der Waals surface area contributed by atoms with E-state index in [9.17, 15) is 23.1 Å². The van der Waals surface area contributed by atoms with Gasteiger partial charge in [-0.3, -0.25) is 0 Å². The molecule has 1 unspecified atom stereocenters. The second-order valence-electron chi connectivity index (χ2n) is 7.20. The zero-order valence-corrected chi connectivity index (χ0v) is 17.3. The van der Waals surface area contributed by atoms with E-state index < -0.39 is 33.9 Å². The number of carbonyl (C=O) groups is 2. The summed E-state index contributed by atoms with van der Waals surface area (Å²) in [5, 5.41) is 9.05. The predicted octanol–water partition coefficient (Wildman–Crippen LogP) is 1.61. The van der Waals surface area contributed by atoms with Crippen molar-refractivity contribution in [3.63, 3.8) is 0 Å². The number of nitrogens with one attached hydrogen (secondary N) is 1. The Kier molecular flexibility index (Phi) is 6.73. The summed E-state index contributed by atoms with van der Waals surface area (Å²) in [6.07, 6.45) is -0.426. The number of carbonyl (C=O) groups excluding carboxylic acids is 1. The molecule has 0 aromatic carbocycles. The van der Waals surface area contributed by atoms with Crippen molar-refractivity contribution < 1.29 is 27.9 Å². The minimum Gasteiger partial charge on any atom is -0.465 e. The van der Waals surface area contributed by atoms with E-state index in [2.05, 4.69) is 9.71 Å². The van der Waals surface area contributed by atoms with Gasteiger partial charge in [0.05, 0.1) is 6.04 Å². The van der Waals surface area contributed by atoms with Gasteiger partial charge in [-0.1, -0.05) is 11.6 Å². The fraction of sp³-hybridized carbons (Fsp3) is 0.562. The van der Waals surface area contributed by atoms with E-state index in [1.54, 1.807) is 20.8 Å². The van der Waals surface area contributed by atoms with Crippen LogP contribution in [0.15, 0.2) is 23.2 Å². The molecule has 1 aromatic rings. The maximum absolute atomic E-state index is 12.5. The molecule has 1 fully saturated rings. The number of hydrogen-bond donors (Lipinski definition) is 2. The fourth-order valence-corrected chi connectivity index (χ4v) is 4.14. The van der Waals surface area contributed by atoms with Crippen LogP contribution in [-0.4, -0.2) is 78.3 Å². The molecule has 0 saturated carbocycles. The van der Waals surface area contributed by atoms with Gasteiger partial charge in [0.1, 0.15) is 15.6 Å². The van der Waals surface area contributed by atoms with Crippen LogP contribution in [0.4, 0.5) is 9.59 Å². The highest BCUT2D eigenvalue weighted by Gasteiger charge is 2.35. The highest BCUT2D eigenvalue weighted by molar-refractivity contribution is 7.89. The Bertz CT molecular complexity index is 842. The molecule has 0 aliphatic carbocycles. The van der Waals surface area contributed by atoms with E-state index >= 15 is 0 Å². The maximum atomic E-state index is 12.5. The molecule has 1 aliphatic heterocycles. The molecule has 2 rings (SSSR count). The van der Waals surface area contributed by atoms with E-state index in [4.69, 9.17) is 16.3 Å². The third kappa shape index (κ3) is 5.69. The van der Waals surface area contributed by atoms with Crippen LogP contribution in [0, 0.1) is 0 Å². The molecule has 1 aliphatic rings. The summed E-state index contributed by atoms with van der Waals surface area (Å²) < 4.78 is 32.8. The summed E-state index contributed by atoms with van der Waals surface area (Å²) in [6.45, 7) is 5.05. The number of carboxylic acid groups (broad SMARTS) is 1. The molecule has 1 aromatic heterocycles. The van der Waals surface area contributed by atoms with Gasteiger partial charge in [0.25, 0.3) is 0 Å². The quantitative estimate of drug-likeness (QED) is 0.688. The topological polar surface area (TPSA) is 129 Å². The first kappa shape index (κ1) is 22.2. The van der Waals surface area contributed by atoms with E-state index in [0.29, 0.717) is 0 Å². The summed E-state index contributed by atoms with van der Waals surface area (Å²) in [5.74, 6) is 0. The smallest absolute Gasteiger partial charge is 0.410 e. The number of sulfonamides is 1. The molecule has 10 nitrogen and oxygen atoms in total. The molecular formula is C16H23ClN4O6S. The van der Waals surface area contributed by atoms with Gasteiger partial charge >= 0.3 is 12.2 Å². The number of halogens is 1. The Morgan fingerprint density at radius 2 is 2.07 bits per heavy atom. The lowest BCUT2D eigenvalue weighted by Crippen LogP contribution is -2.60. The molecule has 1 saturated heterocycles. The molecule has 1 atom stereocenters. The highest BCUT2D eigenvalue weighted by Crippen LogP contribution is 2.19. The van der Waals surface area contributed by atoms with Gasteiger partial charge in [-0.15, -0.1) is 0 Å². The first-order valence-corrected chi connectivity index (χ1v) is 10.3. The van der Waals surface area contributed by atoms with Gasteiger partial charge in [0, 0.05) is 32.4 Å². The third-order valence-electron chi connectivity index (χ3n) is 3.90. The number of amides is 2. The SMILES string of the molecule is CC(C)(C)OC(=O)N1CCN(C(=O)O)CC1CNS(=O)(=O)c1cccnc1Cl. The Labute approximate surface area is 168 Å². The van der Waals surface area contributed by atoms with E-state index in [1.165, 1.54) is 23.2 Å². The van der Waals surface area contributed by atoms with Crippen LogP contribution in [0.1, 0.15) is 20.8 Å². The molecule has 12 heteroatoms. The number of aromatic nitrogens is 1. The van der Waals surface area contributed by atoms with Gasteiger partial charge in [-0.2, -0.15) is 0 Å². The van der Waals surface area contributed by atoms with Crippen molar-refractivity contribution in [2.75, 3.05) is 26.2 Å². The van der Waals surface area contributed by atoms with Gasteiger partial charge in [-0.25, -0.2) is 27.7 Å². The summed E-state index contributed by atoms with van der Waals surface area (Å²) in [4.78, 5) is 29.8. The largest absolute Gasteiger partial charge is 0.465 e. The van der Waals surface area contributed by atoms with Crippen LogP contribution in [0.3, 0.4) is 0 Å². The number of nitrogens with zero attached hydrogens (tertiary/aromatic N) is 3. The molecule has 2 amide bonds. The molecule has 0 spiro atoms. The number of hydrogen-bond acceptors (Lipinski definition) is 6. The predicted molar refractivity (Wildman–Crippen MR) is 101 cm³/mol. The first-order chi connectivity index (χ1) is 12.9. The van der Waals surface area contributed by atoms with Crippen molar-refractivity contribution in [3.05, 3.63) is 23.5 Å². The van der Waals surface area contributed by atoms with Crippen molar-refractivity contribution in [3.8, 4) is 0 Å². The van der Waals surface area contributed by atoms with Crippen LogP contribution in [0.2, 0.25) is 5.15 Å². The van der Waals surface area contributed by atoms with Crippen molar-refractivity contribution in [1.82, 2.24) is 19.5 Å². The van der Waals surface area contributed by atoms with Crippen molar-refractivity contribution in [2.45, 2.75) is 37.3 Å². The third-order valence-corrected chi connectivity index (χ3v) is 5.77. The summed E-state index contributed by atoms with van der Waals surface area (Å²) in [5.41, 5.74) is -0.742. The van der Waals surface area contributed by atoms with E-state index in [-0.39, 0.29) is 36.2 Å². The van der Waals surface area contributed by atoms with Crippen LogP contribution in [-0.2, 0) is 14.8 Å². The Balaban J connectivity index is 2.18. The average Bonchev–Trinajstić information content (AvgIpc) is 2.58. The first-order valence-electron chi connectivity index (χ1n) is 8.48. The lowest BCUT2D eigenvalue weighted by molar-refractivity contribution is 0.000716. The molecule has 0 bridgehead atoms. The zero-order valence-electron chi connectivity index (χ0n) is 15.8. The maximum Gasteiger partial charge on any atom is 0.410 e. The summed E-state index contributed by atoms with van der Waals surface area (Å²) >= 11 is 5.85. The lowest BCUT2D eigenvalue weighted by Gasteiger charge is -2.40. The van der Waals surface area contributed by atoms with Crippen LogP contribution >= 0.6 is 11.6 Å². The number of rotatable bonds is 4. The molecule has 28 heavy (non-hydrogen) atoms. The normalized spacial score (nSPS) is 18.1. The standard InChI is InChI=1S/C16H23ClN4O6S/c1-16(2,3)27-15(24)21-8-7-20(14(22)23)10-11(21)9-19-28(25,26)12-5-4-6-18-13(12)17/h4-6,11,19H,7-10H2,1-3H3,(H,22,23). The zero-order chi connectivity index (χ0) is 21.1. The van der Waals surface area contributed by atoms with Crippen molar-refractivity contribution in [2.24, 2.45) is 0 Å². The van der Waals surface area contributed by atoms with Gasteiger partial charge in [0.2, 0.25) is 10.0 Å². The van der Waals surface area contributed by atoms with Crippen LogP contribution in [0.5, 0.6) is 0 Å². The molecule has 156 valence electrons. The molecule has 0 radical (unpaired) electrons. The lowest BCUT2D eigenvalue weighted by atomic mass is 10.1. The van der Waals surface area contributed by atoms with E-state index in [0.717, 1.165) is 4.90 Å². The number of piperazine rings is 1. The van der Waals surface area contributed by atoms with Gasteiger partial charge in [0.15, 0.2) is 0 Å². The number of pyridine rings is 1. The van der Waals surface area contributed by atoms with Gasteiger partial charge in [-0.05, 0) is 32.9 Å². The Morgan fingerprint density at radius 1 is 1.39 bits per heavy atom. The van der Waals surface area contributed by atoms with Crippen LogP contribution in [0.25, 0.3) is 0 Å². The minimum atomic E-state index is -4.00. The fourth-order valence-electron chi connectivity index (χ4n) is 2.62. The van der Waals surface area contributed by atoms with Crippen molar-refractivity contribution >= 4 is 33.8 Å². The highest BCUT2D eigenvalue weighted by atomic mass is 35.5. The second-order valence-corrected chi connectivity index (χ2v) is 9.29. The number of ether oxygens (including phenoxy) is 1.